The van der Waals surface area contributed by atoms with Gasteiger partial charge in [-0.2, -0.15) is 4.67 Å². The standard InChI is InChI=1S/C14H14N3O7P/c1-15(2)25(22,23-13-7-3-11(4-8-13)16(18)19)24-14-9-5-12(6-10-14)17(20)21/h3-10H,1-2H3. The van der Waals surface area contributed by atoms with Crippen molar-refractivity contribution < 1.29 is 23.5 Å². The topological polar surface area (TPSA) is 125 Å². The predicted octanol–water partition coefficient (Wildman–Crippen LogP) is 3.63. The Bertz CT molecular complexity index is 758. The SMILES string of the molecule is CN(C)P(=O)(Oc1ccc([N+](=O)[O-])cc1)Oc1ccc([N+](=O)[O-])cc1. The van der Waals surface area contributed by atoms with Crippen molar-refractivity contribution in [2.45, 2.75) is 0 Å². The maximum absolute atomic E-state index is 12.9. The van der Waals surface area contributed by atoms with Gasteiger partial charge in [-0.1, -0.05) is 0 Å². The van der Waals surface area contributed by atoms with Crippen LogP contribution in [0, 0.1) is 20.2 Å². The van der Waals surface area contributed by atoms with Crippen molar-refractivity contribution in [1.29, 1.82) is 0 Å². The molecule has 0 aliphatic carbocycles. The summed E-state index contributed by atoms with van der Waals surface area (Å²) in [6.07, 6.45) is 0. The fraction of sp³-hybridized carbons (Fsp3) is 0.143. The van der Waals surface area contributed by atoms with Crippen molar-refractivity contribution in [1.82, 2.24) is 4.67 Å². The summed E-state index contributed by atoms with van der Waals surface area (Å²) in [5.41, 5.74) is -0.272. The molecule has 25 heavy (non-hydrogen) atoms. The van der Waals surface area contributed by atoms with Crippen LogP contribution in [0.5, 0.6) is 11.5 Å². The molecule has 2 aromatic rings. The molecule has 0 aliphatic heterocycles. The zero-order valence-corrected chi connectivity index (χ0v) is 14.2. The lowest BCUT2D eigenvalue weighted by molar-refractivity contribution is -0.385. The monoisotopic (exact) mass is 367 g/mol. The van der Waals surface area contributed by atoms with Gasteiger partial charge in [-0.3, -0.25) is 20.2 Å². The van der Waals surface area contributed by atoms with Crippen LogP contribution < -0.4 is 9.05 Å². The molecular weight excluding hydrogens is 353 g/mol. The first-order valence-corrected chi connectivity index (χ1v) is 8.37. The number of hydrogen-bond donors (Lipinski definition) is 0. The second-order valence-electron chi connectivity index (χ2n) is 5.00. The molecule has 2 rings (SSSR count). The highest BCUT2D eigenvalue weighted by molar-refractivity contribution is 7.52. The van der Waals surface area contributed by atoms with Gasteiger partial charge in [0.25, 0.3) is 11.4 Å². The first kappa shape index (κ1) is 18.4. The number of nitrogens with zero attached hydrogens (tertiary/aromatic N) is 3. The summed E-state index contributed by atoms with van der Waals surface area (Å²) in [6.45, 7) is 0. The van der Waals surface area contributed by atoms with E-state index in [1.807, 2.05) is 0 Å². The Morgan fingerprint density at radius 1 is 0.800 bits per heavy atom. The molecule has 0 bridgehead atoms. The normalized spacial score (nSPS) is 11.2. The van der Waals surface area contributed by atoms with Crippen LogP contribution in [0.1, 0.15) is 0 Å². The molecule has 0 N–H and O–H groups in total. The average Bonchev–Trinajstić information content (AvgIpc) is 2.55. The number of rotatable bonds is 7. The second kappa shape index (κ2) is 7.29. The largest absolute Gasteiger partial charge is 0.515 e. The van der Waals surface area contributed by atoms with Crippen LogP contribution in [-0.4, -0.2) is 28.6 Å². The van der Waals surface area contributed by atoms with Gasteiger partial charge in [-0.05, 0) is 38.4 Å². The third kappa shape index (κ3) is 4.52. The number of nitro benzene ring substituents is 2. The van der Waals surface area contributed by atoms with E-state index in [1.165, 1.54) is 67.3 Å². The lowest BCUT2D eigenvalue weighted by atomic mass is 10.3. The zero-order valence-electron chi connectivity index (χ0n) is 13.3. The van der Waals surface area contributed by atoms with E-state index in [-0.39, 0.29) is 22.9 Å². The van der Waals surface area contributed by atoms with E-state index in [9.17, 15) is 24.8 Å². The Kier molecular flexibility index (Phi) is 5.35. The molecule has 10 nitrogen and oxygen atoms in total. The Morgan fingerprint density at radius 2 is 1.12 bits per heavy atom. The summed E-state index contributed by atoms with van der Waals surface area (Å²) in [6, 6.07) is 10.0. The molecule has 0 heterocycles. The predicted molar refractivity (Wildman–Crippen MR) is 88.7 cm³/mol. The summed E-state index contributed by atoms with van der Waals surface area (Å²) >= 11 is 0. The quantitative estimate of drug-likeness (QED) is 0.413. The smallest absolute Gasteiger partial charge is 0.404 e. The minimum absolute atomic E-state index is 0.115. The van der Waals surface area contributed by atoms with Crippen LogP contribution in [0.25, 0.3) is 0 Å². The fourth-order valence-electron chi connectivity index (χ4n) is 1.71. The van der Waals surface area contributed by atoms with Crippen molar-refractivity contribution in [3.8, 4) is 11.5 Å². The molecule has 0 unspecified atom stereocenters. The molecule has 0 saturated heterocycles. The summed E-state index contributed by atoms with van der Waals surface area (Å²) in [5, 5.41) is 21.3. The van der Waals surface area contributed by atoms with Gasteiger partial charge >= 0.3 is 7.75 Å². The Hall–Kier alpha value is -2.97. The van der Waals surface area contributed by atoms with Gasteiger partial charge in [-0.25, -0.2) is 4.57 Å². The summed E-state index contributed by atoms with van der Waals surface area (Å²) < 4.78 is 24.9. The molecule has 2 aromatic carbocycles. The van der Waals surface area contributed by atoms with E-state index in [4.69, 9.17) is 9.05 Å². The van der Waals surface area contributed by atoms with Crippen molar-refractivity contribution in [2.24, 2.45) is 0 Å². The van der Waals surface area contributed by atoms with E-state index >= 15 is 0 Å². The number of nitro groups is 2. The van der Waals surface area contributed by atoms with Gasteiger partial charge in [0.05, 0.1) is 9.85 Å². The molecule has 0 radical (unpaired) electrons. The van der Waals surface area contributed by atoms with Gasteiger partial charge in [-0.15, -0.1) is 0 Å². The third-order valence-electron chi connectivity index (χ3n) is 3.03. The Balaban J connectivity index is 2.21. The van der Waals surface area contributed by atoms with Crippen LogP contribution in [0.2, 0.25) is 0 Å². The van der Waals surface area contributed by atoms with Gasteiger partial charge < -0.3 is 9.05 Å². The highest BCUT2D eigenvalue weighted by atomic mass is 31.2. The maximum atomic E-state index is 12.9. The minimum Gasteiger partial charge on any atom is -0.404 e. The molecule has 132 valence electrons. The first-order chi connectivity index (χ1) is 11.7. The zero-order chi connectivity index (χ0) is 18.6. The van der Waals surface area contributed by atoms with Gasteiger partial charge in [0, 0.05) is 24.3 Å². The average molecular weight is 367 g/mol. The first-order valence-electron chi connectivity index (χ1n) is 6.87. The molecule has 0 saturated carbocycles. The molecule has 0 amide bonds. The van der Waals surface area contributed by atoms with E-state index in [0.29, 0.717) is 0 Å². The highest BCUT2D eigenvalue weighted by Crippen LogP contribution is 2.50. The molecule has 0 aliphatic rings. The summed E-state index contributed by atoms with van der Waals surface area (Å²) in [5.74, 6) is 0.231. The van der Waals surface area contributed by atoms with Crippen molar-refractivity contribution in [3.63, 3.8) is 0 Å². The minimum atomic E-state index is -3.82. The van der Waals surface area contributed by atoms with Crippen LogP contribution in [0.3, 0.4) is 0 Å². The second-order valence-corrected chi connectivity index (χ2v) is 7.10. The van der Waals surface area contributed by atoms with Crippen molar-refractivity contribution >= 4 is 19.1 Å². The summed E-state index contributed by atoms with van der Waals surface area (Å²) in [7, 11) is -0.880. The molecule has 0 spiro atoms. The molecular formula is C14H14N3O7P. The van der Waals surface area contributed by atoms with Crippen LogP contribution in [-0.2, 0) is 4.57 Å². The lowest BCUT2D eigenvalue weighted by Gasteiger charge is -2.24. The van der Waals surface area contributed by atoms with Crippen LogP contribution in [0.15, 0.2) is 48.5 Å². The molecule has 11 heteroatoms. The number of non-ortho nitro benzene ring substituents is 2. The Labute approximate surface area is 142 Å². The van der Waals surface area contributed by atoms with Crippen molar-refractivity contribution in [2.75, 3.05) is 14.1 Å². The van der Waals surface area contributed by atoms with Crippen LogP contribution in [0.4, 0.5) is 11.4 Å². The van der Waals surface area contributed by atoms with Gasteiger partial charge in [0.1, 0.15) is 11.5 Å². The number of hydrogen-bond acceptors (Lipinski definition) is 7. The van der Waals surface area contributed by atoms with E-state index < -0.39 is 17.6 Å². The summed E-state index contributed by atoms with van der Waals surface area (Å²) in [4.78, 5) is 20.2. The number of benzene rings is 2. The van der Waals surface area contributed by atoms with Crippen molar-refractivity contribution in [3.05, 3.63) is 68.8 Å². The van der Waals surface area contributed by atoms with Gasteiger partial charge in [0.2, 0.25) is 0 Å². The van der Waals surface area contributed by atoms with E-state index in [2.05, 4.69) is 0 Å². The maximum Gasteiger partial charge on any atom is 0.515 e. The molecule has 0 aromatic heterocycles. The van der Waals surface area contributed by atoms with E-state index in [1.54, 1.807) is 0 Å². The highest BCUT2D eigenvalue weighted by Gasteiger charge is 2.32. The van der Waals surface area contributed by atoms with Crippen LogP contribution >= 0.6 is 7.75 Å². The van der Waals surface area contributed by atoms with Gasteiger partial charge in [0.15, 0.2) is 0 Å². The fourth-order valence-corrected chi connectivity index (χ4v) is 2.85. The van der Waals surface area contributed by atoms with E-state index in [0.717, 1.165) is 0 Å². The third-order valence-corrected chi connectivity index (χ3v) is 4.89. The molecule has 0 fully saturated rings. The Morgan fingerprint density at radius 3 is 1.36 bits per heavy atom. The molecule has 0 atom stereocenters. The lowest BCUT2D eigenvalue weighted by Crippen LogP contribution is -2.17.